The molecule has 0 amide bonds. The zero-order chi connectivity index (χ0) is 20.4. The van der Waals surface area contributed by atoms with Crippen LogP contribution in [-0.2, 0) is 4.43 Å². The Kier molecular flexibility index (Phi) is 11.1. The molecule has 0 aliphatic rings. The molecule has 0 radical (unpaired) electrons. The third kappa shape index (κ3) is 7.14. The van der Waals surface area contributed by atoms with E-state index in [1.807, 2.05) is 0 Å². The molecule has 1 aromatic rings. The summed E-state index contributed by atoms with van der Waals surface area (Å²) in [5, 5.41) is 0. The van der Waals surface area contributed by atoms with E-state index in [-0.39, 0.29) is 4.87 Å². The average molecular weight is 411 g/mol. The Bertz CT molecular complexity index is 547. The summed E-state index contributed by atoms with van der Waals surface area (Å²) in [4.78, 5) is 0.186. The van der Waals surface area contributed by atoms with Gasteiger partial charge in [0.2, 0.25) is 0 Å². The van der Waals surface area contributed by atoms with Gasteiger partial charge in [-0.2, -0.15) is 12.6 Å². The Labute approximate surface area is 175 Å². The highest BCUT2D eigenvalue weighted by Gasteiger charge is 2.45. The highest BCUT2D eigenvalue weighted by atomic mass is 32.1. The van der Waals surface area contributed by atoms with Crippen LogP contribution in [0, 0.1) is 0 Å². The second-order valence-corrected chi connectivity index (χ2v) is 12.7. The number of unbranched alkanes of at least 4 members (excludes halogenated alkanes) is 2. The summed E-state index contributed by atoms with van der Waals surface area (Å²) in [6.07, 6.45) is 5.49. The van der Waals surface area contributed by atoms with Crippen LogP contribution >= 0.6 is 12.6 Å². The van der Waals surface area contributed by atoms with Crippen LogP contribution in [0.3, 0.4) is 0 Å². The van der Waals surface area contributed by atoms with Gasteiger partial charge in [-0.3, -0.25) is 0 Å². The molecule has 0 spiro atoms. The fourth-order valence-electron chi connectivity index (χ4n) is 3.26. The lowest BCUT2D eigenvalue weighted by Gasteiger charge is -2.36. The molecule has 2 nitrogen and oxygen atoms in total. The van der Waals surface area contributed by atoms with E-state index in [1.54, 1.807) is 0 Å². The fourth-order valence-corrected chi connectivity index (χ4v) is 7.52. The van der Waals surface area contributed by atoms with Gasteiger partial charge in [-0.05, 0) is 41.9 Å². The Morgan fingerprint density at radius 3 is 2.15 bits per heavy atom. The van der Waals surface area contributed by atoms with Crippen molar-refractivity contribution in [1.82, 2.24) is 0 Å². The van der Waals surface area contributed by atoms with Crippen LogP contribution in [0.15, 0.2) is 18.2 Å². The highest BCUT2D eigenvalue weighted by Crippen LogP contribution is 2.35. The van der Waals surface area contributed by atoms with Crippen LogP contribution in [0.4, 0.5) is 0 Å². The molecule has 156 valence electrons. The van der Waals surface area contributed by atoms with Crippen molar-refractivity contribution in [2.45, 2.75) is 103 Å². The highest BCUT2D eigenvalue weighted by molar-refractivity contribution is 7.83. The Morgan fingerprint density at radius 2 is 1.63 bits per heavy atom. The van der Waals surface area contributed by atoms with Crippen molar-refractivity contribution in [2.24, 2.45) is 0 Å². The lowest BCUT2D eigenvalue weighted by atomic mass is 9.95. The second kappa shape index (κ2) is 12.2. The van der Waals surface area contributed by atoms with Gasteiger partial charge in [0, 0.05) is 12.7 Å². The molecule has 0 aliphatic heterocycles. The van der Waals surface area contributed by atoms with E-state index < -0.39 is 8.56 Å². The minimum absolute atomic E-state index is 0.186. The van der Waals surface area contributed by atoms with Crippen LogP contribution in [0.2, 0.25) is 6.04 Å². The number of rotatable bonds is 13. The summed E-state index contributed by atoms with van der Waals surface area (Å²) in [6, 6.07) is 7.74. The van der Waals surface area contributed by atoms with Gasteiger partial charge in [-0.25, -0.2) is 0 Å². The topological polar surface area (TPSA) is 18.5 Å². The molecule has 1 aromatic carbocycles. The van der Waals surface area contributed by atoms with Gasteiger partial charge in [-0.1, -0.05) is 79.9 Å². The number of thiol groups is 1. The molecule has 0 aromatic heterocycles. The lowest BCUT2D eigenvalue weighted by molar-refractivity contribution is 0.226. The average Bonchev–Trinajstić information content (AvgIpc) is 2.65. The van der Waals surface area contributed by atoms with E-state index in [2.05, 4.69) is 66.7 Å². The van der Waals surface area contributed by atoms with E-state index in [4.69, 9.17) is 21.5 Å². The van der Waals surface area contributed by atoms with Crippen LogP contribution in [0.1, 0.15) is 104 Å². The normalized spacial score (nSPS) is 15.2. The summed E-state index contributed by atoms with van der Waals surface area (Å²) in [5.41, 5.74) is 2.67. The molecule has 0 saturated heterocycles. The van der Waals surface area contributed by atoms with Gasteiger partial charge < -0.3 is 8.85 Å². The van der Waals surface area contributed by atoms with Crippen LogP contribution in [-0.4, -0.2) is 20.0 Å². The maximum absolute atomic E-state index is 6.87. The van der Waals surface area contributed by atoms with Gasteiger partial charge >= 0.3 is 8.56 Å². The van der Waals surface area contributed by atoms with Crippen molar-refractivity contribution in [3.8, 4) is 5.75 Å². The Hall–Kier alpha value is -0.453. The van der Waals surface area contributed by atoms with Gasteiger partial charge in [0.25, 0.3) is 0 Å². The second-order valence-electron chi connectivity index (χ2n) is 8.25. The van der Waals surface area contributed by atoms with E-state index in [0.717, 1.165) is 50.5 Å². The molecular weight excluding hydrogens is 368 g/mol. The molecule has 0 saturated carbocycles. The monoisotopic (exact) mass is 410 g/mol. The molecule has 2 atom stereocenters. The van der Waals surface area contributed by atoms with E-state index in [9.17, 15) is 0 Å². The van der Waals surface area contributed by atoms with E-state index in [0.29, 0.717) is 11.8 Å². The first kappa shape index (κ1) is 24.6. The smallest absolute Gasteiger partial charge is 0.412 e. The number of hydrogen-bond donors (Lipinski definition) is 1. The number of hydrogen-bond acceptors (Lipinski definition) is 3. The molecule has 2 unspecified atom stereocenters. The van der Waals surface area contributed by atoms with Crippen LogP contribution in [0.5, 0.6) is 5.75 Å². The standard InChI is InChI=1S/C23H42O2SSi/c1-8-11-15-24-27(16-12-9-2,23(26)10-3)25-22-14-13-20(18(4)5)17-21(22)19(6)7/h13-14,17-19,23,26H,8-12,15-16H2,1-7H3. The first-order valence-electron chi connectivity index (χ1n) is 11.0. The fraction of sp³-hybridized carbons (Fsp3) is 0.739. The molecule has 0 aliphatic carbocycles. The summed E-state index contributed by atoms with van der Waals surface area (Å²) in [7, 11) is -2.46. The Balaban J connectivity index is 3.29. The van der Waals surface area contributed by atoms with Crippen LogP contribution < -0.4 is 4.43 Å². The zero-order valence-corrected chi connectivity index (χ0v) is 20.6. The van der Waals surface area contributed by atoms with Crippen molar-refractivity contribution < 1.29 is 8.85 Å². The summed E-state index contributed by atoms with van der Waals surface area (Å²) >= 11 is 4.97. The third-order valence-corrected chi connectivity index (χ3v) is 10.5. The molecule has 1 rings (SSSR count). The van der Waals surface area contributed by atoms with E-state index >= 15 is 0 Å². The number of benzene rings is 1. The maximum atomic E-state index is 6.87. The molecule has 0 bridgehead atoms. The molecule has 0 N–H and O–H groups in total. The minimum atomic E-state index is -2.46. The Morgan fingerprint density at radius 1 is 0.963 bits per heavy atom. The van der Waals surface area contributed by atoms with Gasteiger partial charge in [0.05, 0.1) is 4.87 Å². The summed E-state index contributed by atoms with van der Waals surface area (Å²) in [5.74, 6) is 1.96. The van der Waals surface area contributed by atoms with Crippen molar-refractivity contribution >= 4 is 21.2 Å². The maximum Gasteiger partial charge on any atom is 0.412 e. The van der Waals surface area contributed by atoms with Gasteiger partial charge in [0.1, 0.15) is 5.75 Å². The minimum Gasteiger partial charge on any atom is -0.519 e. The van der Waals surface area contributed by atoms with Gasteiger partial charge in [0.15, 0.2) is 0 Å². The quantitative estimate of drug-likeness (QED) is 0.205. The van der Waals surface area contributed by atoms with E-state index in [1.165, 1.54) is 11.1 Å². The van der Waals surface area contributed by atoms with Crippen LogP contribution in [0.25, 0.3) is 0 Å². The molecule has 0 fully saturated rings. The first-order chi connectivity index (χ1) is 12.8. The predicted octanol–water partition coefficient (Wildman–Crippen LogP) is 7.62. The predicted molar refractivity (Wildman–Crippen MR) is 125 cm³/mol. The van der Waals surface area contributed by atoms with Crippen molar-refractivity contribution in [3.63, 3.8) is 0 Å². The molecule has 4 heteroatoms. The SMILES string of the molecule is CCCCO[Si](CCCC)(Oc1ccc(C(C)C)cc1C(C)C)C(S)CC. The first-order valence-corrected chi connectivity index (χ1v) is 13.6. The lowest BCUT2D eigenvalue weighted by Crippen LogP contribution is -2.54. The molecular formula is C23H42O2SSi. The summed E-state index contributed by atoms with van der Waals surface area (Å²) in [6.45, 7) is 16.4. The van der Waals surface area contributed by atoms with Crippen molar-refractivity contribution in [1.29, 1.82) is 0 Å². The summed E-state index contributed by atoms with van der Waals surface area (Å²) < 4.78 is 13.5. The van der Waals surface area contributed by atoms with Gasteiger partial charge in [-0.15, -0.1) is 0 Å². The third-order valence-electron chi connectivity index (χ3n) is 5.22. The molecule has 27 heavy (non-hydrogen) atoms. The van der Waals surface area contributed by atoms with Crippen molar-refractivity contribution in [2.75, 3.05) is 6.61 Å². The van der Waals surface area contributed by atoms with Crippen molar-refractivity contribution in [3.05, 3.63) is 29.3 Å². The largest absolute Gasteiger partial charge is 0.519 e. The zero-order valence-electron chi connectivity index (χ0n) is 18.7. The molecule has 0 heterocycles.